The Labute approximate surface area is 127 Å². The van der Waals surface area contributed by atoms with Crippen LogP contribution < -0.4 is 11.1 Å². The van der Waals surface area contributed by atoms with Crippen LogP contribution in [0.5, 0.6) is 0 Å². The average molecular weight is 305 g/mol. The fourth-order valence-corrected chi connectivity index (χ4v) is 4.96. The number of nitrogens with one attached hydrogen (secondary N) is 1. The molecule has 122 valence electrons. The van der Waals surface area contributed by atoms with E-state index in [1.165, 1.54) is 12.8 Å². The monoisotopic (exact) mass is 304 g/mol. The molecule has 0 heterocycles. The largest absolute Gasteiger partial charge is 0.394 e. The molecule has 4 nitrogen and oxygen atoms in total. The van der Waals surface area contributed by atoms with Gasteiger partial charge in [-0.1, -0.05) is 33.6 Å². The zero-order valence-electron chi connectivity index (χ0n) is 13.9. The summed E-state index contributed by atoms with van der Waals surface area (Å²) in [5.74, 6) is 0. The van der Waals surface area contributed by atoms with Gasteiger partial charge in [0, 0.05) is 26.3 Å². The minimum atomic E-state index is -1.98. The molecule has 0 aromatic rings. The molecule has 3 N–H and O–H groups in total. The molecule has 0 unspecified atom stereocenters. The van der Waals surface area contributed by atoms with Gasteiger partial charge in [0.1, 0.15) is 0 Å². The van der Waals surface area contributed by atoms with E-state index in [0.717, 1.165) is 57.7 Å². The molecular formula is C15H36N2O2Si. The summed E-state index contributed by atoms with van der Waals surface area (Å²) in [6.45, 7) is 11.0. The van der Waals surface area contributed by atoms with E-state index in [1.54, 1.807) is 0 Å². The van der Waals surface area contributed by atoms with Crippen LogP contribution in [0.4, 0.5) is 0 Å². The first-order chi connectivity index (χ1) is 9.74. The first-order valence-electron chi connectivity index (χ1n) is 8.43. The van der Waals surface area contributed by atoms with Crippen molar-refractivity contribution >= 4 is 8.56 Å². The number of hydrogen-bond donors (Lipinski definition) is 2. The van der Waals surface area contributed by atoms with Crippen molar-refractivity contribution < 1.29 is 8.85 Å². The Hall–Kier alpha value is 0.0569. The molecule has 0 amide bonds. The molecule has 0 spiro atoms. The van der Waals surface area contributed by atoms with Crippen LogP contribution in [0, 0.1) is 0 Å². The number of rotatable bonds is 15. The summed E-state index contributed by atoms with van der Waals surface area (Å²) < 4.78 is 12.5. The van der Waals surface area contributed by atoms with Gasteiger partial charge < -0.3 is 19.9 Å². The van der Waals surface area contributed by atoms with Crippen LogP contribution in [0.2, 0.25) is 12.1 Å². The number of hydrogen-bond acceptors (Lipinski definition) is 4. The summed E-state index contributed by atoms with van der Waals surface area (Å²) in [5, 5.41) is 3.35. The van der Waals surface area contributed by atoms with Gasteiger partial charge in [0.15, 0.2) is 0 Å². The zero-order valence-corrected chi connectivity index (χ0v) is 14.9. The maximum atomic E-state index is 6.24. The van der Waals surface area contributed by atoms with E-state index in [4.69, 9.17) is 14.6 Å². The third-order valence-electron chi connectivity index (χ3n) is 3.50. The molecule has 0 saturated carbocycles. The van der Waals surface area contributed by atoms with E-state index in [1.807, 2.05) is 0 Å². The van der Waals surface area contributed by atoms with Crippen LogP contribution in [-0.2, 0) is 8.85 Å². The summed E-state index contributed by atoms with van der Waals surface area (Å²) in [6, 6.07) is 2.14. The summed E-state index contributed by atoms with van der Waals surface area (Å²) in [5.41, 5.74) is 5.48. The third-order valence-corrected chi connectivity index (χ3v) is 7.15. The van der Waals surface area contributed by atoms with E-state index in [9.17, 15) is 0 Å². The van der Waals surface area contributed by atoms with Crippen molar-refractivity contribution in [2.75, 3.05) is 32.8 Å². The van der Waals surface area contributed by atoms with Gasteiger partial charge in [-0.3, -0.25) is 0 Å². The highest BCUT2D eigenvalue weighted by Gasteiger charge is 2.34. The van der Waals surface area contributed by atoms with Crippen molar-refractivity contribution in [2.45, 2.75) is 65.0 Å². The summed E-state index contributed by atoms with van der Waals surface area (Å²) in [6.07, 6.45) is 5.76. The van der Waals surface area contributed by atoms with Gasteiger partial charge in [-0.15, -0.1) is 0 Å². The molecule has 0 aromatic carbocycles. The number of nitrogens with two attached hydrogens (primary N) is 1. The average Bonchev–Trinajstić information content (AvgIpc) is 2.47. The van der Waals surface area contributed by atoms with E-state index in [-0.39, 0.29) is 0 Å². The van der Waals surface area contributed by atoms with Gasteiger partial charge in [0.2, 0.25) is 0 Å². The Kier molecular flexibility index (Phi) is 14.1. The molecule has 0 saturated heterocycles. The van der Waals surface area contributed by atoms with E-state index in [2.05, 4.69) is 26.1 Å². The van der Waals surface area contributed by atoms with Gasteiger partial charge in [-0.25, -0.2) is 0 Å². The molecule has 0 rings (SSSR count). The van der Waals surface area contributed by atoms with Gasteiger partial charge >= 0.3 is 8.56 Å². The Morgan fingerprint density at radius 2 is 1.50 bits per heavy atom. The Morgan fingerprint density at radius 3 is 1.95 bits per heavy atom. The Morgan fingerprint density at radius 1 is 0.900 bits per heavy atom. The lowest BCUT2D eigenvalue weighted by Crippen LogP contribution is -2.42. The summed E-state index contributed by atoms with van der Waals surface area (Å²) in [7, 11) is -1.98. The molecule has 0 bridgehead atoms. The molecule has 0 aliphatic carbocycles. The fourth-order valence-electron chi connectivity index (χ4n) is 2.08. The quantitative estimate of drug-likeness (QED) is 0.361. The minimum Gasteiger partial charge on any atom is -0.394 e. The lowest BCUT2D eigenvalue weighted by atomic mass is 10.4. The first-order valence-corrected chi connectivity index (χ1v) is 10.7. The highest BCUT2D eigenvalue weighted by molar-refractivity contribution is 6.67. The molecule has 0 fully saturated rings. The lowest BCUT2D eigenvalue weighted by molar-refractivity contribution is 0.163. The van der Waals surface area contributed by atoms with Gasteiger partial charge in [-0.05, 0) is 37.9 Å². The first kappa shape index (κ1) is 20.1. The molecule has 0 aliphatic rings. The normalized spacial score (nSPS) is 12.0. The maximum absolute atomic E-state index is 6.24. The van der Waals surface area contributed by atoms with Crippen LogP contribution in [0.1, 0.15) is 52.9 Å². The third kappa shape index (κ3) is 9.88. The summed E-state index contributed by atoms with van der Waals surface area (Å²) >= 11 is 0. The predicted molar refractivity (Wildman–Crippen MR) is 89.3 cm³/mol. The highest BCUT2D eigenvalue weighted by Crippen LogP contribution is 2.22. The Bertz CT molecular complexity index is 196. The second-order valence-corrected chi connectivity index (χ2v) is 8.92. The SMILES string of the molecule is CCCCO[Si](CC)(CCCNCCN)OCCCC. The van der Waals surface area contributed by atoms with Crippen molar-refractivity contribution in [2.24, 2.45) is 5.73 Å². The standard InChI is InChI=1S/C15H36N2O2Si/c1-4-7-13-18-20(6-3,19-14-8-5-2)15-9-11-17-12-10-16/h17H,4-16H2,1-3H3. The van der Waals surface area contributed by atoms with Crippen LogP contribution in [0.25, 0.3) is 0 Å². The molecule has 0 atom stereocenters. The fraction of sp³-hybridized carbons (Fsp3) is 1.00. The van der Waals surface area contributed by atoms with Gasteiger partial charge in [0.25, 0.3) is 0 Å². The van der Waals surface area contributed by atoms with Crippen LogP contribution >= 0.6 is 0 Å². The van der Waals surface area contributed by atoms with Crippen molar-refractivity contribution in [1.82, 2.24) is 5.32 Å². The van der Waals surface area contributed by atoms with Crippen molar-refractivity contribution in [1.29, 1.82) is 0 Å². The zero-order chi connectivity index (χ0) is 15.1. The van der Waals surface area contributed by atoms with Crippen LogP contribution in [0.15, 0.2) is 0 Å². The maximum Gasteiger partial charge on any atom is 0.337 e. The van der Waals surface area contributed by atoms with Gasteiger partial charge in [0.05, 0.1) is 0 Å². The number of unbranched alkanes of at least 4 members (excludes halogenated alkanes) is 2. The molecule has 20 heavy (non-hydrogen) atoms. The van der Waals surface area contributed by atoms with Crippen LogP contribution in [-0.4, -0.2) is 41.4 Å². The van der Waals surface area contributed by atoms with E-state index >= 15 is 0 Å². The van der Waals surface area contributed by atoms with Crippen molar-refractivity contribution in [3.05, 3.63) is 0 Å². The van der Waals surface area contributed by atoms with Crippen molar-refractivity contribution in [3.8, 4) is 0 Å². The molecular weight excluding hydrogens is 268 g/mol. The second-order valence-electron chi connectivity index (χ2n) is 5.31. The molecule has 5 heteroatoms. The smallest absolute Gasteiger partial charge is 0.337 e. The van der Waals surface area contributed by atoms with Gasteiger partial charge in [-0.2, -0.15) is 0 Å². The predicted octanol–water partition coefficient (Wildman–Crippen LogP) is 3.02. The Balaban J connectivity index is 4.17. The van der Waals surface area contributed by atoms with Crippen LogP contribution in [0.3, 0.4) is 0 Å². The molecule has 0 aliphatic heterocycles. The molecule has 0 aromatic heterocycles. The second kappa shape index (κ2) is 14.0. The van der Waals surface area contributed by atoms with E-state index < -0.39 is 8.56 Å². The highest BCUT2D eigenvalue weighted by atomic mass is 28.4. The molecule has 0 radical (unpaired) electrons. The topological polar surface area (TPSA) is 56.5 Å². The minimum absolute atomic E-state index is 0.705. The van der Waals surface area contributed by atoms with Crippen molar-refractivity contribution in [3.63, 3.8) is 0 Å². The lowest BCUT2D eigenvalue weighted by Gasteiger charge is -2.30. The summed E-state index contributed by atoms with van der Waals surface area (Å²) in [4.78, 5) is 0. The van der Waals surface area contributed by atoms with E-state index in [0.29, 0.717) is 6.54 Å².